The van der Waals surface area contributed by atoms with E-state index in [1.54, 1.807) is 13.4 Å². The van der Waals surface area contributed by atoms with Gasteiger partial charge in [-0.2, -0.15) is 0 Å². The van der Waals surface area contributed by atoms with Crippen LogP contribution < -0.4 is 11.3 Å². The van der Waals surface area contributed by atoms with Crippen LogP contribution in [0.1, 0.15) is 37.5 Å². The van der Waals surface area contributed by atoms with E-state index in [0.29, 0.717) is 0 Å². The molecule has 3 N–H and O–H groups in total. The minimum atomic E-state index is 0.00380. The lowest BCUT2D eigenvalue weighted by Gasteiger charge is -2.42. The van der Waals surface area contributed by atoms with Crippen molar-refractivity contribution in [3.8, 4) is 0 Å². The predicted molar refractivity (Wildman–Crippen MR) is 57.0 cm³/mol. The van der Waals surface area contributed by atoms with E-state index in [1.807, 2.05) is 12.1 Å². The second-order valence-corrected chi connectivity index (χ2v) is 4.18. The van der Waals surface area contributed by atoms with Crippen molar-refractivity contribution in [3.63, 3.8) is 0 Å². The molecule has 0 bridgehead atoms. The molecule has 0 spiro atoms. The molecular weight excluding hydrogens is 192 g/mol. The van der Waals surface area contributed by atoms with Gasteiger partial charge in [0.05, 0.1) is 17.9 Å². The van der Waals surface area contributed by atoms with Crippen molar-refractivity contribution in [3.05, 3.63) is 24.2 Å². The fourth-order valence-electron chi connectivity index (χ4n) is 2.17. The fourth-order valence-corrected chi connectivity index (χ4v) is 2.17. The number of hydrogen-bond donors (Lipinski definition) is 2. The number of hydrogen-bond acceptors (Lipinski definition) is 4. The van der Waals surface area contributed by atoms with E-state index in [4.69, 9.17) is 15.0 Å². The summed E-state index contributed by atoms with van der Waals surface area (Å²) in [4.78, 5) is 0. The molecule has 0 aromatic carbocycles. The summed E-state index contributed by atoms with van der Waals surface area (Å²) in [7, 11) is 1.77. The summed E-state index contributed by atoms with van der Waals surface area (Å²) >= 11 is 0. The largest absolute Gasteiger partial charge is 0.468 e. The van der Waals surface area contributed by atoms with Gasteiger partial charge in [0.2, 0.25) is 0 Å². The first-order chi connectivity index (χ1) is 7.29. The Morgan fingerprint density at radius 3 is 2.87 bits per heavy atom. The van der Waals surface area contributed by atoms with Crippen molar-refractivity contribution >= 4 is 0 Å². The van der Waals surface area contributed by atoms with Gasteiger partial charge in [-0.1, -0.05) is 0 Å². The number of ether oxygens (including phenoxy) is 1. The van der Waals surface area contributed by atoms with Gasteiger partial charge in [-0.05, 0) is 31.4 Å². The average molecular weight is 210 g/mol. The molecule has 1 saturated carbocycles. The molecule has 0 radical (unpaired) electrons. The first-order valence-corrected chi connectivity index (χ1v) is 5.34. The van der Waals surface area contributed by atoms with Crippen LogP contribution in [0.15, 0.2) is 22.8 Å². The molecule has 0 saturated heterocycles. The van der Waals surface area contributed by atoms with Gasteiger partial charge in [-0.15, -0.1) is 0 Å². The van der Waals surface area contributed by atoms with Crippen LogP contribution in [0.3, 0.4) is 0 Å². The highest BCUT2D eigenvalue weighted by Gasteiger charge is 2.39. The summed E-state index contributed by atoms with van der Waals surface area (Å²) in [5.41, 5.74) is 2.79. The molecule has 4 heteroatoms. The molecule has 0 amide bonds. The monoisotopic (exact) mass is 210 g/mol. The highest BCUT2D eigenvalue weighted by atomic mass is 16.5. The standard InChI is InChI=1S/C11H18N2O2/c1-14-11(5-3-6-11)8-9(13-12)10-4-2-7-15-10/h2,4,7,9,13H,3,5-6,8,12H2,1H3. The Labute approximate surface area is 89.7 Å². The van der Waals surface area contributed by atoms with Crippen LogP contribution in [0.4, 0.5) is 0 Å². The molecule has 1 aliphatic carbocycles. The third kappa shape index (κ3) is 2.07. The summed E-state index contributed by atoms with van der Waals surface area (Å²) in [6.07, 6.45) is 6.00. The van der Waals surface area contributed by atoms with Crippen LogP contribution in [0.25, 0.3) is 0 Å². The second-order valence-electron chi connectivity index (χ2n) is 4.18. The van der Waals surface area contributed by atoms with E-state index in [2.05, 4.69) is 5.43 Å². The topological polar surface area (TPSA) is 60.4 Å². The van der Waals surface area contributed by atoms with Crippen molar-refractivity contribution in [2.45, 2.75) is 37.3 Å². The van der Waals surface area contributed by atoms with Gasteiger partial charge in [-0.25, -0.2) is 5.43 Å². The van der Waals surface area contributed by atoms with E-state index in [9.17, 15) is 0 Å². The molecule has 4 nitrogen and oxygen atoms in total. The third-order valence-electron chi connectivity index (χ3n) is 3.36. The summed E-state index contributed by atoms with van der Waals surface area (Å²) in [5, 5.41) is 0. The first kappa shape index (κ1) is 10.7. The molecule has 1 atom stereocenters. The van der Waals surface area contributed by atoms with Gasteiger partial charge in [0, 0.05) is 13.5 Å². The zero-order valence-corrected chi connectivity index (χ0v) is 9.03. The van der Waals surface area contributed by atoms with E-state index >= 15 is 0 Å². The molecule has 1 aromatic rings. The van der Waals surface area contributed by atoms with Gasteiger partial charge in [0.1, 0.15) is 5.76 Å². The number of furan rings is 1. The molecular formula is C11H18N2O2. The van der Waals surface area contributed by atoms with Crippen molar-refractivity contribution in [2.24, 2.45) is 5.84 Å². The maximum atomic E-state index is 5.57. The summed E-state index contributed by atoms with van der Waals surface area (Å²) in [6.45, 7) is 0. The van der Waals surface area contributed by atoms with Crippen LogP contribution in [0.5, 0.6) is 0 Å². The van der Waals surface area contributed by atoms with E-state index in [0.717, 1.165) is 25.0 Å². The zero-order chi connectivity index (χ0) is 10.7. The molecule has 15 heavy (non-hydrogen) atoms. The van der Waals surface area contributed by atoms with Gasteiger partial charge in [-0.3, -0.25) is 5.84 Å². The lowest BCUT2D eigenvalue weighted by molar-refractivity contribution is -0.0849. The first-order valence-electron chi connectivity index (χ1n) is 5.34. The van der Waals surface area contributed by atoms with Crippen molar-refractivity contribution in [2.75, 3.05) is 7.11 Å². The summed E-state index contributed by atoms with van der Waals surface area (Å²) in [6, 6.07) is 3.85. The molecule has 2 rings (SSSR count). The van der Waals surface area contributed by atoms with Crippen molar-refractivity contribution < 1.29 is 9.15 Å². The van der Waals surface area contributed by atoms with Gasteiger partial charge in [0.15, 0.2) is 0 Å². The number of methoxy groups -OCH3 is 1. The second kappa shape index (κ2) is 4.35. The maximum Gasteiger partial charge on any atom is 0.122 e. The Morgan fingerprint density at radius 1 is 1.67 bits per heavy atom. The lowest BCUT2D eigenvalue weighted by Crippen LogP contribution is -2.44. The number of rotatable bonds is 5. The smallest absolute Gasteiger partial charge is 0.122 e. The minimum Gasteiger partial charge on any atom is -0.468 e. The Kier molecular flexibility index (Phi) is 3.09. The molecule has 1 fully saturated rings. The maximum absolute atomic E-state index is 5.57. The molecule has 1 unspecified atom stereocenters. The quantitative estimate of drug-likeness (QED) is 0.574. The minimum absolute atomic E-state index is 0.00380. The SMILES string of the molecule is COC1(CC(NN)c2ccco2)CCC1. The average Bonchev–Trinajstić information content (AvgIpc) is 2.71. The molecule has 1 heterocycles. The predicted octanol–water partition coefficient (Wildman–Crippen LogP) is 1.74. The van der Waals surface area contributed by atoms with E-state index in [1.165, 1.54) is 6.42 Å². The van der Waals surface area contributed by atoms with E-state index < -0.39 is 0 Å². The fraction of sp³-hybridized carbons (Fsp3) is 0.636. The van der Waals surface area contributed by atoms with Gasteiger partial charge in [0.25, 0.3) is 0 Å². The van der Waals surface area contributed by atoms with Crippen LogP contribution in [-0.4, -0.2) is 12.7 Å². The Bertz CT molecular complexity index is 288. The van der Waals surface area contributed by atoms with E-state index in [-0.39, 0.29) is 11.6 Å². The van der Waals surface area contributed by atoms with Crippen molar-refractivity contribution in [1.29, 1.82) is 0 Å². The molecule has 1 aromatic heterocycles. The lowest BCUT2D eigenvalue weighted by atomic mass is 9.75. The van der Waals surface area contributed by atoms with Gasteiger partial charge >= 0.3 is 0 Å². The molecule has 1 aliphatic rings. The highest BCUT2D eigenvalue weighted by molar-refractivity contribution is 5.07. The van der Waals surface area contributed by atoms with Crippen LogP contribution in [0.2, 0.25) is 0 Å². The van der Waals surface area contributed by atoms with Gasteiger partial charge < -0.3 is 9.15 Å². The molecule has 0 aliphatic heterocycles. The van der Waals surface area contributed by atoms with Crippen LogP contribution in [-0.2, 0) is 4.74 Å². The zero-order valence-electron chi connectivity index (χ0n) is 9.03. The van der Waals surface area contributed by atoms with Crippen LogP contribution >= 0.6 is 0 Å². The highest BCUT2D eigenvalue weighted by Crippen LogP contribution is 2.41. The third-order valence-corrected chi connectivity index (χ3v) is 3.36. The number of nitrogens with two attached hydrogens (primary N) is 1. The molecule has 84 valence electrons. The van der Waals surface area contributed by atoms with Crippen molar-refractivity contribution in [1.82, 2.24) is 5.43 Å². The normalized spacial score (nSPS) is 20.9. The Hall–Kier alpha value is -0.840. The summed E-state index contributed by atoms with van der Waals surface area (Å²) < 4.78 is 10.9. The number of hydrazine groups is 1. The number of nitrogens with one attached hydrogen (secondary N) is 1. The Balaban J connectivity index is 2.02. The Morgan fingerprint density at radius 2 is 2.47 bits per heavy atom. The van der Waals surface area contributed by atoms with Crippen LogP contribution in [0, 0.1) is 0 Å². The summed E-state index contributed by atoms with van der Waals surface area (Å²) in [5.74, 6) is 6.41.